The Morgan fingerprint density at radius 1 is 0.772 bits per heavy atom. The predicted octanol–water partition coefficient (Wildman–Crippen LogP) is 6.14. The number of fused-ring (bicyclic) bond motifs is 2. The quantitative estimate of drug-likeness (QED) is 0.183. The topological polar surface area (TPSA) is 158 Å². The Labute approximate surface area is 327 Å². The summed E-state index contributed by atoms with van der Waals surface area (Å²) in [6, 6.07) is 11.9. The molecule has 57 heavy (non-hydrogen) atoms. The number of amides is 2. The molecule has 5 aromatic heterocycles. The maximum Gasteiger partial charge on any atom is 0.259 e. The number of nitrogens with zero attached hydrogens (tertiary/aromatic N) is 9. The van der Waals surface area contributed by atoms with Crippen LogP contribution in [-0.2, 0) is 0 Å². The van der Waals surface area contributed by atoms with Crippen molar-refractivity contribution >= 4 is 45.4 Å². The van der Waals surface area contributed by atoms with E-state index in [0.29, 0.717) is 90.5 Å². The smallest absolute Gasteiger partial charge is 0.259 e. The lowest BCUT2D eigenvalue weighted by molar-refractivity contribution is 0.0739. The van der Waals surface area contributed by atoms with Crippen LogP contribution in [0.25, 0.3) is 22.2 Å². The SMILES string of the molecule is COc1ccncc1N1CCN(C(=O)c2ccnc3cc(C4CC4)oc23)CC1.N#Cc1cc(F)cc(N2CCN(C(=O)c3cncc4nc(C5CC5)oc34)CC2)c1. The molecule has 2 aliphatic heterocycles. The molecule has 14 nitrogen and oxygen atoms in total. The van der Waals surface area contributed by atoms with Gasteiger partial charge in [-0.2, -0.15) is 5.26 Å². The van der Waals surface area contributed by atoms with E-state index in [0.717, 1.165) is 61.5 Å². The summed E-state index contributed by atoms with van der Waals surface area (Å²) in [5, 5.41) is 9.04. The molecule has 2 aliphatic carbocycles. The third-order valence-corrected chi connectivity index (χ3v) is 10.9. The number of furan rings is 1. The fourth-order valence-electron chi connectivity index (χ4n) is 7.49. The Balaban J connectivity index is 0.000000148. The fraction of sp³-hybridized carbons (Fsp3) is 0.357. The van der Waals surface area contributed by atoms with Gasteiger partial charge in [-0.05, 0) is 49.9 Å². The van der Waals surface area contributed by atoms with Gasteiger partial charge in [-0.15, -0.1) is 0 Å². The number of methoxy groups -OCH3 is 1. The van der Waals surface area contributed by atoms with Crippen LogP contribution in [0.1, 0.15) is 75.4 Å². The molecule has 10 rings (SSSR count). The van der Waals surface area contributed by atoms with Gasteiger partial charge in [-0.1, -0.05) is 0 Å². The molecule has 0 unspecified atom stereocenters. The van der Waals surface area contributed by atoms with Crippen molar-refractivity contribution < 1.29 is 27.6 Å². The van der Waals surface area contributed by atoms with Gasteiger partial charge in [0.2, 0.25) is 0 Å². The molecule has 0 bridgehead atoms. The molecule has 290 valence electrons. The van der Waals surface area contributed by atoms with Crippen molar-refractivity contribution in [2.75, 3.05) is 69.3 Å². The number of anilines is 2. The van der Waals surface area contributed by atoms with Gasteiger partial charge < -0.3 is 33.2 Å². The molecule has 2 saturated heterocycles. The maximum atomic E-state index is 13.7. The predicted molar refractivity (Wildman–Crippen MR) is 208 cm³/mol. The number of aromatic nitrogens is 4. The normalized spacial score (nSPS) is 17.0. The molecule has 0 N–H and O–H groups in total. The Hall–Kier alpha value is -6.56. The van der Waals surface area contributed by atoms with E-state index in [9.17, 15) is 14.0 Å². The van der Waals surface area contributed by atoms with Crippen LogP contribution < -0.4 is 14.5 Å². The van der Waals surface area contributed by atoms with E-state index in [2.05, 4.69) is 24.8 Å². The Kier molecular flexibility index (Phi) is 9.61. The number of oxazole rings is 1. The molecule has 4 aliphatic rings. The maximum absolute atomic E-state index is 13.7. The largest absolute Gasteiger partial charge is 0.494 e. The zero-order valence-electron chi connectivity index (χ0n) is 31.4. The van der Waals surface area contributed by atoms with Gasteiger partial charge >= 0.3 is 0 Å². The monoisotopic (exact) mass is 769 g/mol. The fourth-order valence-corrected chi connectivity index (χ4v) is 7.49. The second kappa shape index (κ2) is 15.2. The number of ether oxygens (including phenoxy) is 1. The third kappa shape index (κ3) is 7.42. The van der Waals surface area contributed by atoms with E-state index < -0.39 is 5.82 Å². The highest BCUT2D eigenvalue weighted by Gasteiger charge is 2.32. The molecule has 2 saturated carbocycles. The molecule has 0 atom stereocenters. The molecular weight excluding hydrogens is 730 g/mol. The molecule has 4 fully saturated rings. The summed E-state index contributed by atoms with van der Waals surface area (Å²) in [5.74, 6) is 2.72. The van der Waals surface area contributed by atoms with Crippen LogP contribution in [0.15, 0.2) is 76.2 Å². The highest BCUT2D eigenvalue weighted by molar-refractivity contribution is 6.04. The van der Waals surface area contributed by atoms with Crippen molar-refractivity contribution in [2.24, 2.45) is 0 Å². The number of pyridine rings is 3. The second-order valence-corrected chi connectivity index (χ2v) is 14.8. The average Bonchev–Trinajstić information content (AvgIpc) is 4.20. The minimum atomic E-state index is -0.438. The number of halogens is 1. The molecule has 2 amide bonds. The van der Waals surface area contributed by atoms with Gasteiger partial charge in [0.25, 0.3) is 11.8 Å². The molecule has 15 heteroatoms. The number of hydrogen-bond donors (Lipinski definition) is 0. The standard InChI is InChI=1S/C21H18FN5O2.C21H22N4O3/c22-15-7-13(10-23)8-16(9-15)26-3-5-27(6-4-26)21(28)17-11-24-12-18-19(17)29-20(25-18)14-1-2-14;1-27-18-5-6-22-13-17(18)24-8-10-25(11-9-24)21(26)15-4-7-23-16-12-19(14-2-3-14)28-20(15)16/h7-9,11-12,14H,1-6H2;4-7,12-14H,2-3,8-11H2,1H3. The van der Waals surface area contributed by atoms with Crippen LogP contribution >= 0.6 is 0 Å². The summed E-state index contributed by atoms with van der Waals surface area (Å²) in [4.78, 5) is 51.3. The summed E-state index contributed by atoms with van der Waals surface area (Å²) in [6.07, 6.45) is 12.8. The van der Waals surface area contributed by atoms with E-state index in [1.807, 2.05) is 34.2 Å². The second-order valence-electron chi connectivity index (χ2n) is 14.8. The highest BCUT2D eigenvalue weighted by atomic mass is 19.1. The van der Waals surface area contributed by atoms with Crippen molar-refractivity contribution in [3.63, 3.8) is 0 Å². The number of piperazine rings is 2. The lowest BCUT2D eigenvalue weighted by Crippen LogP contribution is -2.49. The van der Waals surface area contributed by atoms with E-state index >= 15 is 0 Å². The van der Waals surface area contributed by atoms with Crippen LogP contribution in [0, 0.1) is 17.1 Å². The summed E-state index contributed by atoms with van der Waals surface area (Å²) < 4.78 is 31.1. The van der Waals surface area contributed by atoms with Crippen LogP contribution in [0.2, 0.25) is 0 Å². The van der Waals surface area contributed by atoms with Gasteiger partial charge in [-0.25, -0.2) is 9.37 Å². The number of nitriles is 1. The van der Waals surface area contributed by atoms with Crippen LogP contribution in [-0.4, -0.2) is 101 Å². The zero-order chi connectivity index (χ0) is 39.0. The van der Waals surface area contributed by atoms with Crippen molar-refractivity contribution in [1.29, 1.82) is 5.26 Å². The van der Waals surface area contributed by atoms with Gasteiger partial charge in [0.15, 0.2) is 17.1 Å². The first kappa shape index (κ1) is 36.1. The molecule has 0 spiro atoms. The Bertz CT molecular complexity index is 2510. The number of carbonyl (C=O) groups is 2. The number of benzene rings is 1. The summed E-state index contributed by atoms with van der Waals surface area (Å²) >= 11 is 0. The zero-order valence-corrected chi connectivity index (χ0v) is 31.4. The van der Waals surface area contributed by atoms with E-state index in [1.54, 1.807) is 42.7 Å². The molecular formula is C42H40FN9O5. The minimum Gasteiger partial charge on any atom is -0.494 e. The summed E-state index contributed by atoms with van der Waals surface area (Å²) in [6.45, 7) is 4.80. The van der Waals surface area contributed by atoms with Crippen molar-refractivity contribution in [3.05, 3.63) is 102 Å². The van der Waals surface area contributed by atoms with Gasteiger partial charge in [0.05, 0.1) is 42.4 Å². The first-order valence-corrected chi connectivity index (χ1v) is 19.3. The lowest BCUT2D eigenvalue weighted by atomic mass is 10.1. The molecule has 7 heterocycles. The van der Waals surface area contributed by atoms with E-state index in [4.69, 9.17) is 18.8 Å². The number of rotatable bonds is 7. The summed E-state index contributed by atoms with van der Waals surface area (Å²) in [7, 11) is 1.66. The average molecular weight is 770 g/mol. The van der Waals surface area contributed by atoms with Crippen LogP contribution in [0.3, 0.4) is 0 Å². The molecule has 1 aromatic carbocycles. The van der Waals surface area contributed by atoms with Gasteiger partial charge in [0, 0.05) is 101 Å². The third-order valence-electron chi connectivity index (χ3n) is 10.9. The highest BCUT2D eigenvalue weighted by Crippen LogP contribution is 2.43. The van der Waals surface area contributed by atoms with Crippen LogP contribution in [0.5, 0.6) is 5.75 Å². The van der Waals surface area contributed by atoms with Crippen molar-refractivity contribution in [3.8, 4) is 11.8 Å². The molecule has 6 aromatic rings. The lowest BCUT2D eigenvalue weighted by Gasteiger charge is -2.36. The number of hydrogen-bond acceptors (Lipinski definition) is 12. The van der Waals surface area contributed by atoms with Gasteiger partial charge in [0.1, 0.15) is 33.9 Å². The van der Waals surface area contributed by atoms with Crippen LogP contribution in [0.4, 0.5) is 15.8 Å². The summed E-state index contributed by atoms with van der Waals surface area (Å²) in [5.41, 5.74) is 5.42. The van der Waals surface area contributed by atoms with E-state index in [1.165, 1.54) is 18.3 Å². The minimum absolute atomic E-state index is 0.00176. The van der Waals surface area contributed by atoms with Gasteiger partial charge in [-0.3, -0.25) is 24.5 Å². The van der Waals surface area contributed by atoms with Crippen molar-refractivity contribution in [2.45, 2.75) is 37.5 Å². The Morgan fingerprint density at radius 2 is 1.47 bits per heavy atom. The Morgan fingerprint density at radius 3 is 2.18 bits per heavy atom. The molecule has 0 radical (unpaired) electrons. The van der Waals surface area contributed by atoms with Crippen molar-refractivity contribution in [1.82, 2.24) is 29.7 Å². The van der Waals surface area contributed by atoms with E-state index in [-0.39, 0.29) is 17.4 Å². The number of carbonyl (C=O) groups excluding carboxylic acids is 2. The first-order valence-electron chi connectivity index (χ1n) is 19.3. The first-order chi connectivity index (χ1) is 27.9.